The minimum Gasteiger partial charge on any atom is -0.290 e. The maximum Gasteiger partial charge on any atom is 0.0763 e. The summed E-state index contributed by atoms with van der Waals surface area (Å²) >= 11 is 0. The first-order valence-electron chi connectivity index (χ1n) is 4.49. The monoisotopic (exact) mass is 177 g/mol. The molecule has 2 rings (SSSR count). The maximum atomic E-state index is 3.27. The zero-order valence-electron chi connectivity index (χ0n) is 8.28. The molecule has 0 aliphatic carbocycles. The summed E-state index contributed by atoms with van der Waals surface area (Å²) < 4.78 is 0. The van der Waals surface area contributed by atoms with Crippen LogP contribution in [-0.2, 0) is 0 Å². The van der Waals surface area contributed by atoms with E-state index in [0.717, 1.165) is 0 Å². The molecular weight excluding hydrogens is 162 g/mol. The molecule has 0 aromatic heterocycles. The summed E-state index contributed by atoms with van der Waals surface area (Å²) in [7, 11) is 0. The molecule has 0 unspecified atom stereocenters. The Morgan fingerprint density at radius 2 is 2.00 bits per heavy atom. The van der Waals surface area contributed by atoms with E-state index in [0.29, 0.717) is 0 Å². The van der Waals surface area contributed by atoms with Gasteiger partial charge in [0.15, 0.2) is 0 Å². The number of nitrogens with one attached hydrogen (secondary N) is 1. The number of rotatable bonds is 0. The van der Waals surface area contributed by atoms with Crippen molar-refractivity contribution in [3.8, 4) is 0 Å². The Balaban J connectivity index is 2.21. The quantitative estimate of drug-likeness (QED) is 0.608. The summed E-state index contributed by atoms with van der Waals surface area (Å²) in [5, 5.41) is 4.10. The van der Waals surface area contributed by atoms with E-state index in [1.54, 1.807) is 0 Å². The Morgan fingerprint density at radius 3 is 2.62 bits per heavy atom. The van der Waals surface area contributed by atoms with Crippen LogP contribution in [-0.4, -0.2) is 15.6 Å². The highest BCUT2D eigenvalue weighted by atomic mass is 15.8. The third-order valence-corrected chi connectivity index (χ3v) is 2.09. The topological polar surface area (TPSA) is 18.5 Å². The van der Waals surface area contributed by atoms with E-state index in [9.17, 15) is 0 Å². The van der Waals surface area contributed by atoms with Crippen LogP contribution in [0.3, 0.4) is 0 Å². The summed E-state index contributed by atoms with van der Waals surface area (Å²) in [5.74, 6) is 0. The molecule has 0 aromatic rings. The lowest BCUT2D eigenvalue weighted by Gasteiger charge is -2.32. The van der Waals surface area contributed by atoms with E-state index in [1.807, 2.05) is 23.4 Å². The van der Waals surface area contributed by atoms with Crippen molar-refractivity contribution in [2.24, 2.45) is 0 Å². The van der Waals surface area contributed by atoms with Crippen molar-refractivity contribution < 1.29 is 0 Å². The number of allylic oxidation sites excluding steroid dienone is 3. The first kappa shape index (κ1) is 8.38. The Hall–Kier alpha value is -1.22. The summed E-state index contributed by atoms with van der Waals surface area (Å²) in [6.45, 7) is 6.51. The third kappa shape index (κ3) is 1.47. The van der Waals surface area contributed by atoms with Gasteiger partial charge in [-0.15, -0.1) is 5.53 Å². The average molecular weight is 177 g/mol. The summed E-state index contributed by atoms with van der Waals surface area (Å²) in [6, 6.07) is 0. The molecule has 70 valence electrons. The number of hydrogen-bond acceptors (Lipinski definition) is 3. The first-order valence-corrected chi connectivity index (χ1v) is 4.49. The van der Waals surface area contributed by atoms with E-state index in [1.165, 1.54) is 5.70 Å². The molecule has 2 aliphatic rings. The fourth-order valence-electron chi connectivity index (χ4n) is 1.27. The molecular formula is C10H15N3. The third-order valence-electron chi connectivity index (χ3n) is 2.09. The lowest BCUT2D eigenvalue weighted by Crippen LogP contribution is -2.47. The average Bonchev–Trinajstić information content (AvgIpc) is 2.45. The Labute approximate surface area is 79.0 Å². The highest BCUT2D eigenvalue weighted by Crippen LogP contribution is 2.22. The Morgan fingerprint density at radius 1 is 1.23 bits per heavy atom. The van der Waals surface area contributed by atoms with E-state index in [-0.39, 0.29) is 5.54 Å². The highest BCUT2D eigenvalue weighted by molar-refractivity contribution is 5.28. The number of fused-ring (bicyclic) bond motifs is 1. The van der Waals surface area contributed by atoms with Gasteiger partial charge in [-0.2, -0.15) is 0 Å². The van der Waals surface area contributed by atoms with Gasteiger partial charge in [-0.1, -0.05) is 6.08 Å². The van der Waals surface area contributed by atoms with Gasteiger partial charge in [0, 0.05) is 17.9 Å². The van der Waals surface area contributed by atoms with Gasteiger partial charge in [-0.25, -0.2) is 0 Å². The van der Waals surface area contributed by atoms with Crippen molar-refractivity contribution in [1.82, 2.24) is 15.6 Å². The number of hydrogen-bond donors (Lipinski definition) is 1. The lowest BCUT2D eigenvalue weighted by molar-refractivity contribution is 0.0833. The van der Waals surface area contributed by atoms with Gasteiger partial charge in [-0.3, -0.25) is 10.0 Å². The highest BCUT2D eigenvalue weighted by Gasteiger charge is 2.26. The lowest BCUT2D eigenvalue weighted by atomic mass is 10.1. The van der Waals surface area contributed by atoms with Gasteiger partial charge in [0.25, 0.3) is 0 Å². The molecule has 0 aromatic carbocycles. The van der Waals surface area contributed by atoms with Crippen LogP contribution in [0.2, 0.25) is 0 Å². The van der Waals surface area contributed by atoms with Gasteiger partial charge in [0.2, 0.25) is 0 Å². The Bertz CT molecular complexity index is 294. The number of hydrazine groups is 2. The largest absolute Gasteiger partial charge is 0.290 e. The van der Waals surface area contributed by atoms with Crippen molar-refractivity contribution in [3.05, 3.63) is 36.3 Å². The van der Waals surface area contributed by atoms with E-state index in [4.69, 9.17) is 0 Å². The summed E-state index contributed by atoms with van der Waals surface area (Å²) in [5.41, 5.74) is 4.55. The minimum absolute atomic E-state index is 0.103. The van der Waals surface area contributed by atoms with Crippen LogP contribution in [0.15, 0.2) is 36.3 Å². The second kappa shape index (κ2) is 2.64. The van der Waals surface area contributed by atoms with Crippen LogP contribution in [0.1, 0.15) is 20.8 Å². The molecule has 3 nitrogen and oxygen atoms in total. The molecule has 0 amide bonds. The standard InChI is InChI=1S/C10H15N3/c1-10(2,3)13-8-9-6-4-5-7-12(9)11-13/h4-8,11H,1-3H3. The van der Waals surface area contributed by atoms with Gasteiger partial charge in [0.05, 0.1) is 5.70 Å². The fourth-order valence-corrected chi connectivity index (χ4v) is 1.27. The van der Waals surface area contributed by atoms with Crippen molar-refractivity contribution >= 4 is 0 Å². The SMILES string of the molecule is CC(C)(C)N1C=C2C=CC=CN2N1. The van der Waals surface area contributed by atoms with Gasteiger partial charge in [0.1, 0.15) is 0 Å². The van der Waals surface area contributed by atoms with Crippen molar-refractivity contribution in [3.63, 3.8) is 0 Å². The molecule has 0 spiro atoms. The first-order chi connectivity index (χ1) is 6.07. The molecule has 0 saturated heterocycles. The smallest absolute Gasteiger partial charge is 0.0763 e. The molecule has 0 fully saturated rings. The summed E-state index contributed by atoms with van der Waals surface area (Å²) in [4.78, 5) is 0. The molecule has 2 aliphatic heterocycles. The zero-order valence-corrected chi connectivity index (χ0v) is 8.28. The summed E-state index contributed by atoms with van der Waals surface area (Å²) in [6.07, 6.45) is 10.3. The van der Waals surface area contributed by atoms with Gasteiger partial charge < -0.3 is 0 Å². The fraction of sp³-hybridized carbons (Fsp3) is 0.400. The molecule has 2 heterocycles. The zero-order chi connectivity index (χ0) is 9.47. The molecule has 1 N–H and O–H groups in total. The molecule has 3 heteroatoms. The van der Waals surface area contributed by atoms with E-state index < -0.39 is 0 Å². The Kier molecular flexibility index (Phi) is 1.70. The molecule has 0 bridgehead atoms. The second-order valence-corrected chi connectivity index (χ2v) is 4.27. The van der Waals surface area contributed by atoms with Crippen molar-refractivity contribution in [2.75, 3.05) is 0 Å². The van der Waals surface area contributed by atoms with Crippen LogP contribution in [0.5, 0.6) is 0 Å². The van der Waals surface area contributed by atoms with Crippen LogP contribution >= 0.6 is 0 Å². The molecule has 0 radical (unpaired) electrons. The minimum atomic E-state index is 0.103. The van der Waals surface area contributed by atoms with Gasteiger partial charge >= 0.3 is 0 Å². The van der Waals surface area contributed by atoms with E-state index in [2.05, 4.69) is 43.6 Å². The van der Waals surface area contributed by atoms with Gasteiger partial charge in [-0.05, 0) is 32.9 Å². The molecule has 0 atom stereocenters. The van der Waals surface area contributed by atoms with Crippen LogP contribution in [0.25, 0.3) is 0 Å². The van der Waals surface area contributed by atoms with Crippen LogP contribution in [0, 0.1) is 0 Å². The second-order valence-electron chi connectivity index (χ2n) is 4.27. The van der Waals surface area contributed by atoms with Crippen molar-refractivity contribution in [2.45, 2.75) is 26.3 Å². The predicted octanol–water partition coefficient (Wildman–Crippen LogP) is 1.75. The predicted molar refractivity (Wildman–Crippen MR) is 52.9 cm³/mol. The molecule has 13 heavy (non-hydrogen) atoms. The van der Waals surface area contributed by atoms with Crippen LogP contribution in [0.4, 0.5) is 0 Å². The molecule has 0 saturated carbocycles. The van der Waals surface area contributed by atoms with Crippen LogP contribution < -0.4 is 5.53 Å². The normalized spacial score (nSPS) is 20.7. The van der Waals surface area contributed by atoms with E-state index >= 15 is 0 Å². The number of nitrogens with zero attached hydrogens (tertiary/aromatic N) is 2. The maximum absolute atomic E-state index is 3.27. The van der Waals surface area contributed by atoms with Crippen molar-refractivity contribution in [1.29, 1.82) is 0 Å².